The first kappa shape index (κ1) is 19.8. The van der Waals surface area contributed by atoms with E-state index in [0.29, 0.717) is 5.76 Å². The Morgan fingerprint density at radius 3 is 2.39 bits per heavy atom. The van der Waals surface area contributed by atoms with Crippen LogP contribution in [0.25, 0.3) is 0 Å². The van der Waals surface area contributed by atoms with Crippen molar-refractivity contribution >= 4 is 15.9 Å². The number of halogens is 1. The largest absolute Gasteiger partial charge is 0.467 e. The Kier molecular flexibility index (Phi) is 5.62. The van der Waals surface area contributed by atoms with E-state index >= 15 is 0 Å². The average Bonchev–Trinajstić information content (AvgIpc) is 3.21. The van der Waals surface area contributed by atoms with Crippen LogP contribution in [0.5, 0.6) is 0 Å². The predicted molar refractivity (Wildman–Crippen MR) is 102 cm³/mol. The van der Waals surface area contributed by atoms with Crippen LogP contribution in [0.15, 0.2) is 76.2 Å². The smallest absolute Gasteiger partial charge is 0.252 e. The number of sulfonamides is 1. The van der Waals surface area contributed by atoms with E-state index in [2.05, 4.69) is 5.32 Å². The zero-order chi connectivity index (χ0) is 20.3. The first-order valence-corrected chi connectivity index (χ1v) is 9.86. The lowest BCUT2D eigenvalue weighted by Gasteiger charge is -2.18. The number of rotatable bonds is 6. The molecule has 0 spiro atoms. The Hall–Kier alpha value is -2.97. The van der Waals surface area contributed by atoms with E-state index in [0.717, 1.165) is 22.0 Å². The number of furan rings is 1. The number of nitrogens with one attached hydrogen (secondary N) is 1. The van der Waals surface area contributed by atoms with Gasteiger partial charge in [-0.1, -0.05) is 30.3 Å². The highest BCUT2D eigenvalue weighted by Crippen LogP contribution is 2.24. The maximum absolute atomic E-state index is 14.1. The summed E-state index contributed by atoms with van der Waals surface area (Å²) >= 11 is 0. The molecule has 1 N–H and O–H groups in total. The molecule has 0 fully saturated rings. The van der Waals surface area contributed by atoms with Crippen molar-refractivity contribution < 1.29 is 22.0 Å². The summed E-state index contributed by atoms with van der Waals surface area (Å²) in [5.41, 5.74) is 0.809. The number of nitrogens with zero attached hydrogens (tertiary/aromatic N) is 1. The predicted octanol–water partition coefficient (Wildman–Crippen LogP) is 3.19. The maximum Gasteiger partial charge on any atom is 0.252 e. The van der Waals surface area contributed by atoms with Gasteiger partial charge >= 0.3 is 0 Å². The monoisotopic (exact) mass is 402 g/mol. The fourth-order valence-corrected chi connectivity index (χ4v) is 3.66. The highest BCUT2D eigenvalue weighted by Gasteiger charge is 2.25. The second-order valence-corrected chi connectivity index (χ2v) is 8.39. The molecule has 1 amide bonds. The van der Waals surface area contributed by atoms with Gasteiger partial charge in [-0.05, 0) is 35.9 Å². The van der Waals surface area contributed by atoms with Gasteiger partial charge in [-0.15, -0.1) is 0 Å². The molecule has 1 atom stereocenters. The fourth-order valence-electron chi connectivity index (χ4n) is 2.67. The maximum atomic E-state index is 14.1. The first-order valence-electron chi connectivity index (χ1n) is 8.42. The molecule has 8 heteroatoms. The number of hydrogen-bond donors (Lipinski definition) is 1. The number of carbonyl (C=O) groups excluding carboxylic acids is 1. The molecule has 1 unspecified atom stereocenters. The summed E-state index contributed by atoms with van der Waals surface area (Å²) in [6.45, 7) is 0. The Morgan fingerprint density at radius 2 is 1.79 bits per heavy atom. The molecular weight excluding hydrogens is 383 g/mol. The highest BCUT2D eigenvalue weighted by atomic mass is 32.2. The molecule has 0 bridgehead atoms. The van der Waals surface area contributed by atoms with E-state index in [1.54, 1.807) is 12.1 Å². The van der Waals surface area contributed by atoms with E-state index in [1.807, 2.05) is 30.3 Å². The molecular formula is C20H19FN2O4S. The quantitative estimate of drug-likeness (QED) is 0.687. The van der Waals surface area contributed by atoms with E-state index in [4.69, 9.17) is 4.42 Å². The molecule has 0 aliphatic carbocycles. The lowest BCUT2D eigenvalue weighted by molar-refractivity contribution is 0.0938. The second-order valence-electron chi connectivity index (χ2n) is 6.27. The van der Waals surface area contributed by atoms with E-state index in [-0.39, 0.29) is 5.56 Å². The zero-order valence-corrected chi connectivity index (χ0v) is 16.1. The van der Waals surface area contributed by atoms with Crippen molar-refractivity contribution in [3.8, 4) is 0 Å². The molecule has 2 aromatic carbocycles. The van der Waals surface area contributed by atoms with Gasteiger partial charge in [-0.2, -0.15) is 0 Å². The molecule has 0 aliphatic rings. The van der Waals surface area contributed by atoms with Crippen LogP contribution in [0, 0.1) is 5.82 Å². The van der Waals surface area contributed by atoms with Gasteiger partial charge in [0, 0.05) is 19.7 Å². The Labute approximate surface area is 162 Å². The summed E-state index contributed by atoms with van der Waals surface area (Å²) < 4.78 is 45.0. The third-order valence-electron chi connectivity index (χ3n) is 4.19. The molecule has 6 nitrogen and oxygen atoms in total. The van der Waals surface area contributed by atoms with Crippen molar-refractivity contribution in [2.75, 3.05) is 14.1 Å². The molecule has 0 saturated carbocycles. The van der Waals surface area contributed by atoms with Gasteiger partial charge < -0.3 is 9.73 Å². The third-order valence-corrected chi connectivity index (χ3v) is 6.02. The minimum atomic E-state index is -4.03. The zero-order valence-electron chi connectivity index (χ0n) is 15.3. The van der Waals surface area contributed by atoms with Crippen LogP contribution in [0.1, 0.15) is 27.7 Å². The number of amides is 1. The van der Waals surface area contributed by atoms with Gasteiger partial charge in [0.1, 0.15) is 22.5 Å². The van der Waals surface area contributed by atoms with Crippen LogP contribution >= 0.6 is 0 Å². The van der Waals surface area contributed by atoms with Crippen LogP contribution < -0.4 is 5.32 Å². The van der Waals surface area contributed by atoms with Gasteiger partial charge in [-0.3, -0.25) is 4.79 Å². The minimum Gasteiger partial charge on any atom is -0.467 e. The molecule has 3 rings (SSSR count). The molecule has 28 heavy (non-hydrogen) atoms. The summed E-state index contributed by atoms with van der Waals surface area (Å²) in [7, 11) is -1.44. The lowest BCUT2D eigenvalue weighted by atomic mass is 10.0. The van der Waals surface area contributed by atoms with Crippen LogP contribution in [-0.2, 0) is 10.0 Å². The number of carbonyl (C=O) groups is 1. The van der Waals surface area contributed by atoms with Gasteiger partial charge in [0.15, 0.2) is 0 Å². The van der Waals surface area contributed by atoms with E-state index in [9.17, 15) is 17.6 Å². The Balaban J connectivity index is 1.95. The summed E-state index contributed by atoms with van der Waals surface area (Å²) in [6, 6.07) is 15.3. The fraction of sp³-hybridized carbons (Fsp3) is 0.150. The van der Waals surface area contributed by atoms with Gasteiger partial charge in [0.05, 0.1) is 6.26 Å². The van der Waals surface area contributed by atoms with Crippen molar-refractivity contribution in [2.45, 2.75) is 10.9 Å². The minimum absolute atomic E-state index is 0.0225. The Morgan fingerprint density at radius 1 is 1.07 bits per heavy atom. The van der Waals surface area contributed by atoms with Crippen molar-refractivity contribution in [1.29, 1.82) is 0 Å². The summed E-state index contributed by atoms with van der Waals surface area (Å²) in [5.74, 6) is -0.959. The molecule has 0 saturated heterocycles. The highest BCUT2D eigenvalue weighted by molar-refractivity contribution is 7.89. The molecule has 1 heterocycles. The molecule has 146 valence electrons. The second kappa shape index (κ2) is 7.95. The van der Waals surface area contributed by atoms with Crippen LogP contribution in [0.3, 0.4) is 0 Å². The van der Waals surface area contributed by atoms with Crippen molar-refractivity contribution in [1.82, 2.24) is 9.62 Å². The van der Waals surface area contributed by atoms with Crippen LogP contribution in [0.2, 0.25) is 0 Å². The number of benzene rings is 2. The van der Waals surface area contributed by atoms with Crippen molar-refractivity contribution in [3.05, 3.63) is 89.6 Å². The molecule has 3 aromatic rings. The summed E-state index contributed by atoms with van der Waals surface area (Å²) in [4.78, 5) is 12.2. The summed E-state index contributed by atoms with van der Waals surface area (Å²) in [6.07, 6.45) is 1.50. The SMILES string of the molecule is CN(C)S(=O)(=O)c1cc(C(=O)NC(c2ccccc2)c2ccco2)ccc1F. The van der Waals surface area contributed by atoms with Gasteiger partial charge in [0.25, 0.3) is 5.91 Å². The van der Waals surface area contributed by atoms with Crippen molar-refractivity contribution in [2.24, 2.45) is 0 Å². The third kappa shape index (κ3) is 3.97. The van der Waals surface area contributed by atoms with Gasteiger partial charge in [0.2, 0.25) is 10.0 Å². The van der Waals surface area contributed by atoms with Crippen LogP contribution in [0.4, 0.5) is 4.39 Å². The molecule has 0 aliphatic heterocycles. The van der Waals surface area contributed by atoms with E-state index < -0.39 is 32.7 Å². The lowest BCUT2D eigenvalue weighted by Crippen LogP contribution is -2.30. The topological polar surface area (TPSA) is 79.6 Å². The molecule has 0 radical (unpaired) electrons. The Bertz CT molecular complexity index is 1060. The average molecular weight is 402 g/mol. The summed E-state index contributed by atoms with van der Waals surface area (Å²) in [5, 5.41) is 2.82. The standard InChI is InChI=1S/C20H19FN2O4S/c1-23(2)28(25,26)18-13-15(10-11-16(18)21)20(24)22-19(17-9-6-12-27-17)14-7-4-3-5-8-14/h3-13,19H,1-2H3,(H,22,24). The molecule has 1 aromatic heterocycles. The first-order chi connectivity index (χ1) is 13.3. The van der Waals surface area contributed by atoms with Crippen LogP contribution in [-0.4, -0.2) is 32.7 Å². The van der Waals surface area contributed by atoms with Gasteiger partial charge in [-0.25, -0.2) is 17.1 Å². The van der Waals surface area contributed by atoms with Crippen molar-refractivity contribution in [3.63, 3.8) is 0 Å². The van der Waals surface area contributed by atoms with E-state index in [1.165, 1.54) is 26.4 Å². The normalized spacial score (nSPS) is 12.7. The number of hydrogen-bond acceptors (Lipinski definition) is 4.